The van der Waals surface area contributed by atoms with Gasteiger partial charge in [-0.3, -0.25) is 4.79 Å². The van der Waals surface area contributed by atoms with Gasteiger partial charge in [-0.2, -0.15) is 0 Å². The first-order chi connectivity index (χ1) is 12.2. The Morgan fingerprint density at radius 3 is 2.77 bits per heavy atom. The van der Waals surface area contributed by atoms with Gasteiger partial charge in [-0.1, -0.05) is 0 Å². The number of carbonyl (C=O) groups excluding carboxylic acids is 2. The van der Waals surface area contributed by atoms with Crippen LogP contribution in [0.5, 0.6) is 0 Å². The average molecular weight is 383 g/mol. The number of carbonyl (C=O) groups is 2. The summed E-state index contributed by atoms with van der Waals surface area (Å²) in [5.74, 6) is -2.08. The summed E-state index contributed by atoms with van der Waals surface area (Å²) in [6.07, 6.45) is -0.793. The highest BCUT2D eigenvalue weighted by Gasteiger charge is 2.31. The molecular formula is C17H18FNO6S. The number of nitrogens with one attached hydrogen (secondary N) is 1. The van der Waals surface area contributed by atoms with Gasteiger partial charge < -0.3 is 14.5 Å². The zero-order valence-electron chi connectivity index (χ0n) is 14.2. The summed E-state index contributed by atoms with van der Waals surface area (Å²) in [7, 11) is -3.12. The lowest BCUT2D eigenvalue weighted by atomic mass is 10.1. The maximum Gasteiger partial charge on any atom is 0.375 e. The van der Waals surface area contributed by atoms with Gasteiger partial charge >= 0.3 is 5.97 Å². The lowest BCUT2D eigenvalue weighted by Crippen LogP contribution is -2.42. The Morgan fingerprint density at radius 2 is 2.12 bits per heavy atom. The number of furan rings is 1. The van der Waals surface area contributed by atoms with Crippen LogP contribution in [0.4, 0.5) is 4.39 Å². The van der Waals surface area contributed by atoms with Crippen molar-refractivity contribution in [1.29, 1.82) is 0 Å². The molecule has 2 aromatic rings. The molecule has 0 aliphatic carbocycles. The van der Waals surface area contributed by atoms with Gasteiger partial charge in [0.15, 0.2) is 15.9 Å². The third-order valence-corrected chi connectivity index (χ3v) is 6.08. The molecule has 1 aliphatic rings. The molecule has 2 heterocycles. The van der Waals surface area contributed by atoms with E-state index < -0.39 is 39.7 Å². The molecule has 0 unspecified atom stereocenters. The van der Waals surface area contributed by atoms with Crippen molar-refractivity contribution in [2.45, 2.75) is 32.4 Å². The van der Waals surface area contributed by atoms with Crippen molar-refractivity contribution in [1.82, 2.24) is 5.32 Å². The van der Waals surface area contributed by atoms with Crippen molar-refractivity contribution in [3.05, 3.63) is 35.3 Å². The molecule has 9 heteroatoms. The van der Waals surface area contributed by atoms with E-state index in [4.69, 9.17) is 9.15 Å². The fourth-order valence-corrected chi connectivity index (χ4v) is 4.56. The summed E-state index contributed by atoms with van der Waals surface area (Å²) in [6.45, 7) is 2.98. The Hall–Kier alpha value is -2.42. The van der Waals surface area contributed by atoms with E-state index in [1.807, 2.05) is 0 Å². The molecule has 1 aromatic carbocycles. The zero-order chi connectivity index (χ0) is 19.1. The van der Waals surface area contributed by atoms with E-state index >= 15 is 0 Å². The van der Waals surface area contributed by atoms with Gasteiger partial charge in [-0.25, -0.2) is 17.6 Å². The minimum atomic E-state index is -3.12. The highest BCUT2D eigenvalue weighted by Crippen LogP contribution is 2.26. The molecule has 7 nitrogen and oxygen atoms in total. The van der Waals surface area contributed by atoms with E-state index in [9.17, 15) is 22.4 Å². The Labute approximate surface area is 149 Å². The minimum Gasteiger partial charge on any atom is -0.449 e. The maximum absolute atomic E-state index is 13.3. The van der Waals surface area contributed by atoms with Crippen LogP contribution < -0.4 is 5.32 Å². The topological polar surface area (TPSA) is 103 Å². The van der Waals surface area contributed by atoms with E-state index in [-0.39, 0.29) is 17.3 Å². The number of hydrogen-bond donors (Lipinski definition) is 1. The fourth-order valence-electron chi connectivity index (χ4n) is 2.88. The van der Waals surface area contributed by atoms with Crippen LogP contribution in [-0.2, 0) is 19.4 Å². The normalized spacial score (nSPS) is 20.0. The van der Waals surface area contributed by atoms with Gasteiger partial charge in [-0.15, -0.1) is 0 Å². The van der Waals surface area contributed by atoms with E-state index in [2.05, 4.69) is 5.32 Å². The van der Waals surface area contributed by atoms with Gasteiger partial charge in [0.1, 0.15) is 11.4 Å². The second kappa shape index (κ2) is 6.71. The third kappa shape index (κ3) is 3.72. The first kappa shape index (κ1) is 18.4. The average Bonchev–Trinajstić information content (AvgIpc) is 3.07. The van der Waals surface area contributed by atoms with Crippen LogP contribution in [0.15, 0.2) is 22.6 Å². The number of benzene rings is 1. The van der Waals surface area contributed by atoms with Gasteiger partial charge in [-0.05, 0) is 38.5 Å². The van der Waals surface area contributed by atoms with Gasteiger partial charge in [0, 0.05) is 17.0 Å². The van der Waals surface area contributed by atoms with Crippen LogP contribution in [0.25, 0.3) is 11.0 Å². The Kier molecular flexibility index (Phi) is 4.74. The summed E-state index contributed by atoms with van der Waals surface area (Å²) in [6, 6.07) is 3.39. The van der Waals surface area contributed by atoms with Crippen LogP contribution in [0, 0.1) is 12.7 Å². The molecule has 140 valence electrons. The number of rotatable bonds is 4. The van der Waals surface area contributed by atoms with Gasteiger partial charge in [0.2, 0.25) is 5.76 Å². The molecule has 2 atom stereocenters. The number of fused-ring (bicyclic) bond motifs is 1. The molecule has 0 radical (unpaired) electrons. The molecule has 0 bridgehead atoms. The number of hydrogen-bond acceptors (Lipinski definition) is 6. The van der Waals surface area contributed by atoms with Crippen molar-refractivity contribution in [3.8, 4) is 0 Å². The molecule has 1 saturated heterocycles. The molecule has 0 saturated carbocycles. The largest absolute Gasteiger partial charge is 0.449 e. The van der Waals surface area contributed by atoms with Crippen molar-refractivity contribution >= 4 is 32.7 Å². The second-order valence-electron chi connectivity index (χ2n) is 6.35. The zero-order valence-corrected chi connectivity index (χ0v) is 15.1. The smallest absolute Gasteiger partial charge is 0.375 e. The van der Waals surface area contributed by atoms with Crippen molar-refractivity contribution in [2.75, 3.05) is 11.5 Å². The highest BCUT2D eigenvalue weighted by atomic mass is 32.2. The predicted molar refractivity (Wildman–Crippen MR) is 91.0 cm³/mol. The van der Waals surface area contributed by atoms with Gasteiger partial charge in [0.25, 0.3) is 5.91 Å². The van der Waals surface area contributed by atoms with E-state index in [0.29, 0.717) is 23.0 Å². The Bertz CT molecular complexity index is 981. The summed E-state index contributed by atoms with van der Waals surface area (Å²) in [5.41, 5.74) is 0.753. The maximum atomic E-state index is 13.3. The molecule has 26 heavy (non-hydrogen) atoms. The number of aryl methyl sites for hydroxylation is 1. The van der Waals surface area contributed by atoms with Crippen LogP contribution in [0.2, 0.25) is 0 Å². The minimum absolute atomic E-state index is 0.0286. The Morgan fingerprint density at radius 1 is 1.38 bits per heavy atom. The lowest BCUT2D eigenvalue weighted by Gasteiger charge is -2.16. The molecule has 3 rings (SSSR count). The van der Waals surface area contributed by atoms with Crippen LogP contribution in [0.3, 0.4) is 0 Å². The first-order valence-electron chi connectivity index (χ1n) is 8.07. The highest BCUT2D eigenvalue weighted by molar-refractivity contribution is 7.91. The monoisotopic (exact) mass is 383 g/mol. The van der Waals surface area contributed by atoms with Gasteiger partial charge in [0.05, 0.1) is 11.5 Å². The summed E-state index contributed by atoms with van der Waals surface area (Å²) in [4.78, 5) is 24.4. The molecule has 1 fully saturated rings. The lowest BCUT2D eigenvalue weighted by molar-refractivity contribution is -0.129. The fraction of sp³-hybridized carbons (Fsp3) is 0.412. The van der Waals surface area contributed by atoms with Crippen molar-refractivity contribution in [3.63, 3.8) is 0 Å². The first-order valence-corrected chi connectivity index (χ1v) is 9.89. The molecule has 1 amide bonds. The van der Waals surface area contributed by atoms with Crippen LogP contribution in [0.1, 0.15) is 29.5 Å². The number of esters is 1. The number of halogens is 1. The van der Waals surface area contributed by atoms with Crippen LogP contribution >= 0.6 is 0 Å². The SMILES string of the molecule is Cc1c(C(=O)O[C@@H](C)C(=O)N[C@@H]2CCS(=O)(=O)C2)oc2ccc(F)cc12. The molecular weight excluding hydrogens is 365 g/mol. The summed E-state index contributed by atoms with van der Waals surface area (Å²) in [5, 5.41) is 3.01. The number of ether oxygens (including phenoxy) is 1. The predicted octanol–water partition coefficient (Wildman–Crippen LogP) is 1.73. The molecule has 1 N–H and O–H groups in total. The molecule has 1 aromatic heterocycles. The van der Waals surface area contributed by atoms with E-state index in [1.54, 1.807) is 6.92 Å². The van der Waals surface area contributed by atoms with Crippen LogP contribution in [-0.4, -0.2) is 43.9 Å². The van der Waals surface area contributed by atoms with E-state index in [0.717, 1.165) is 0 Å². The quantitative estimate of drug-likeness (QED) is 0.807. The summed E-state index contributed by atoms with van der Waals surface area (Å²) >= 11 is 0. The third-order valence-electron chi connectivity index (χ3n) is 4.32. The summed E-state index contributed by atoms with van der Waals surface area (Å²) < 4.78 is 46.7. The Balaban J connectivity index is 1.67. The van der Waals surface area contributed by atoms with Crippen molar-refractivity contribution < 1.29 is 31.6 Å². The molecule has 0 spiro atoms. The standard InChI is InChI=1S/C17H18FNO6S/c1-9-13-7-11(18)3-4-14(13)25-15(9)17(21)24-10(2)16(20)19-12-5-6-26(22,23)8-12/h3-4,7,10,12H,5-6,8H2,1-2H3,(H,19,20)/t10-,12+/m0/s1. The second-order valence-corrected chi connectivity index (χ2v) is 8.58. The molecule has 1 aliphatic heterocycles. The number of sulfone groups is 1. The van der Waals surface area contributed by atoms with Crippen molar-refractivity contribution in [2.24, 2.45) is 0 Å². The van der Waals surface area contributed by atoms with E-state index in [1.165, 1.54) is 25.1 Å². The number of amides is 1.